The lowest BCUT2D eigenvalue weighted by Gasteiger charge is -2.12. The van der Waals surface area contributed by atoms with Crippen LogP contribution in [0.25, 0.3) is 21.9 Å². The lowest BCUT2D eigenvalue weighted by molar-refractivity contribution is 0.561. The van der Waals surface area contributed by atoms with E-state index in [1.54, 1.807) is 43.3 Å². The molecule has 0 bridgehead atoms. The largest absolute Gasteiger partial charge is 0.421 e. The summed E-state index contributed by atoms with van der Waals surface area (Å²) in [4.78, 5) is 29.2. The maximum atomic E-state index is 12.7. The van der Waals surface area contributed by atoms with Gasteiger partial charge in [0.05, 0.1) is 10.9 Å². The van der Waals surface area contributed by atoms with Gasteiger partial charge in [0.1, 0.15) is 17.1 Å². The predicted octanol–water partition coefficient (Wildman–Crippen LogP) is 2.69. The predicted molar refractivity (Wildman–Crippen MR) is 92.2 cm³/mol. The van der Waals surface area contributed by atoms with Gasteiger partial charge in [0.25, 0.3) is 5.56 Å². The van der Waals surface area contributed by atoms with Crippen LogP contribution in [-0.2, 0) is 0 Å². The van der Waals surface area contributed by atoms with Gasteiger partial charge in [-0.3, -0.25) is 10.2 Å². The van der Waals surface area contributed by atoms with Crippen LogP contribution >= 0.6 is 0 Å². The fourth-order valence-corrected chi connectivity index (χ4v) is 2.64. The number of anilines is 1. The van der Waals surface area contributed by atoms with Crippen LogP contribution in [0.15, 0.2) is 68.6 Å². The molecule has 4 aromatic rings. The minimum Gasteiger partial charge on any atom is -0.421 e. The summed E-state index contributed by atoms with van der Waals surface area (Å²) in [6.45, 7) is 1.70. The summed E-state index contributed by atoms with van der Waals surface area (Å²) in [6, 6.07) is 15.9. The van der Waals surface area contributed by atoms with Crippen molar-refractivity contribution in [2.24, 2.45) is 0 Å². The number of nitrogens with one attached hydrogen (secondary N) is 1. The van der Waals surface area contributed by atoms with E-state index in [0.717, 1.165) is 5.39 Å². The van der Waals surface area contributed by atoms with E-state index in [2.05, 4.69) is 10.4 Å². The smallest absolute Gasteiger partial charge is 0.361 e. The molecule has 6 nitrogen and oxygen atoms in total. The Morgan fingerprint density at radius 1 is 1.04 bits per heavy atom. The Labute approximate surface area is 136 Å². The maximum Gasteiger partial charge on any atom is 0.361 e. The lowest BCUT2D eigenvalue weighted by Crippen LogP contribution is -2.31. The number of fused-ring (bicyclic) bond motifs is 2. The lowest BCUT2D eigenvalue weighted by atomic mass is 10.2. The quantitative estimate of drug-likeness (QED) is 0.575. The summed E-state index contributed by atoms with van der Waals surface area (Å²) in [5.74, 6) is 0.450. The number of para-hydroxylation sites is 2. The Morgan fingerprint density at radius 2 is 1.79 bits per heavy atom. The molecule has 0 aliphatic carbocycles. The van der Waals surface area contributed by atoms with Crippen molar-refractivity contribution < 1.29 is 4.42 Å². The zero-order valence-corrected chi connectivity index (χ0v) is 12.8. The van der Waals surface area contributed by atoms with E-state index >= 15 is 0 Å². The summed E-state index contributed by atoms with van der Waals surface area (Å²) >= 11 is 0. The van der Waals surface area contributed by atoms with E-state index in [9.17, 15) is 9.59 Å². The maximum absolute atomic E-state index is 12.7. The molecule has 0 fully saturated rings. The summed E-state index contributed by atoms with van der Waals surface area (Å²) in [7, 11) is 0. The van der Waals surface area contributed by atoms with E-state index in [0.29, 0.717) is 22.3 Å². The minimum atomic E-state index is -0.548. The first-order chi connectivity index (χ1) is 11.6. The normalized spacial score (nSPS) is 11.0. The topological polar surface area (TPSA) is 77.1 Å². The Hall–Kier alpha value is -3.41. The number of hydrogen-bond donors (Lipinski definition) is 1. The number of rotatable bonds is 2. The molecular weight excluding hydrogens is 306 g/mol. The molecule has 0 radical (unpaired) electrons. The average molecular weight is 319 g/mol. The SMILES string of the molecule is Cc1nc2ccccc2c(=O)n1Nc1cc2ccccc2oc1=O. The molecule has 2 aromatic heterocycles. The Kier molecular flexibility index (Phi) is 3.16. The Morgan fingerprint density at radius 3 is 2.67 bits per heavy atom. The number of hydrogen-bond acceptors (Lipinski definition) is 5. The van der Waals surface area contributed by atoms with Gasteiger partial charge < -0.3 is 4.42 Å². The van der Waals surface area contributed by atoms with Crippen LogP contribution in [-0.4, -0.2) is 9.66 Å². The molecule has 118 valence electrons. The third-order valence-electron chi connectivity index (χ3n) is 3.82. The third-order valence-corrected chi connectivity index (χ3v) is 3.82. The summed E-state index contributed by atoms with van der Waals surface area (Å²) in [5, 5.41) is 1.24. The third kappa shape index (κ3) is 2.25. The van der Waals surface area contributed by atoms with Gasteiger partial charge in [0.2, 0.25) is 0 Å². The van der Waals surface area contributed by atoms with Crippen LogP contribution in [0.2, 0.25) is 0 Å². The number of aromatic nitrogens is 2. The second kappa shape index (κ2) is 5.34. The highest BCUT2D eigenvalue weighted by atomic mass is 16.4. The van der Waals surface area contributed by atoms with E-state index < -0.39 is 5.63 Å². The zero-order chi connectivity index (χ0) is 16.7. The second-order valence-electron chi connectivity index (χ2n) is 5.41. The molecule has 2 aromatic carbocycles. The molecule has 24 heavy (non-hydrogen) atoms. The highest BCUT2D eigenvalue weighted by molar-refractivity contribution is 5.80. The number of aryl methyl sites for hydroxylation is 1. The monoisotopic (exact) mass is 319 g/mol. The first kappa shape index (κ1) is 14.2. The van der Waals surface area contributed by atoms with Crippen molar-refractivity contribution in [2.75, 3.05) is 5.43 Å². The van der Waals surface area contributed by atoms with Gasteiger partial charge in [0, 0.05) is 5.39 Å². The van der Waals surface area contributed by atoms with Crippen LogP contribution in [0.5, 0.6) is 0 Å². The Balaban J connectivity index is 1.90. The fourth-order valence-electron chi connectivity index (χ4n) is 2.64. The molecule has 0 atom stereocenters. The molecule has 0 aliphatic heterocycles. The molecular formula is C18H13N3O3. The van der Waals surface area contributed by atoms with Crippen LogP contribution in [0.3, 0.4) is 0 Å². The van der Waals surface area contributed by atoms with Gasteiger partial charge in [0.15, 0.2) is 0 Å². The van der Waals surface area contributed by atoms with E-state index in [4.69, 9.17) is 4.42 Å². The first-order valence-electron chi connectivity index (χ1n) is 7.42. The van der Waals surface area contributed by atoms with Crippen molar-refractivity contribution in [2.45, 2.75) is 6.92 Å². The molecule has 6 heteroatoms. The van der Waals surface area contributed by atoms with Crippen molar-refractivity contribution in [3.05, 3.63) is 81.2 Å². The highest BCUT2D eigenvalue weighted by Crippen LogP contribution is 2.15. The molecule has 0 spiro atoms. The van der Waals surface area contributed by atoms with Gasteiger partial charge in [-0.2, -0.15) is 0 Å². The molecule has 0 aliphatic rings. The van der Waals surface area contributed by atoms with Crippen molar-refractivity contribution in [3.63, 3.8) is 0 Å². The standard InChI is InChI=1S/C18H13N3O3/c1-11-19-14-8-4-3-7-13(14)17(22)21(11)20-15-10-12-6-2-5-9-16(12)24-18(15)23/h2-10,20H,1H3. The van der Waals surface area contributed by atoms with Gasteiger partial charge in [-0.05, 0) is 31.2 Å². The van der Waals surface area contributed by atoms with Crippen LogP contribution in [0.4, 0.5) is 5.69 Å². The van der Waals surface area contributed by atoms with E-state index in [1.807, 2.05) is 18.2 Å². The van der Waals surface area contributed by atoms with Gasteiger partial charge in [-0.15, -0.1) is 0 Å². The zero-order valence-electron chi connectivity index (χ0n) is 12.8. The first-order valence-corrected chi connectivity index (χ1v) is 7.42. The highest BCUT2D eigenvalue weighted by Gasteiger charge is 2.11. The minimum absolute atomic E-state index is 0.177. The molecule has 2 heterocycles. The Bertz CT molecular complexity index is 1190. The van der Waals surface area contributed by atoms with E-state index in [-0.39, 0.29) is 11.2 Å². The van der Waals surface area contributed by atoms with Gasteiger partial charge in [-0.1, -0.05) is 30.3 Å². The number of nitrogens with zero attached hydrogens (tertiary/aromatic N) is 2. The van der Waals surface area contributed by atoms with Crippen LogP contribution in [0, 0.1) is 6.92 Å². The van der Waals surface area contributed by atoms with Crippen LogP contribution in [0.1, 0.15) is 5.82 Å². The van der Waals surface area contributed by atoms with Gasteiger partial charge >= 0.3 is 5.63 Å². The fraction of sp³-hybridized carbons (Fsp3) is 0.0556. The molecule has 0 saturated carbocycles. The summed E-state index contributed by atoms with van der Waals surface area (Å²) < 4.78 is 6.53. The average Bonchev–Trinajstić information content (AvgIpc) is 2.59. The molecule has 4 rings (SSSR count). The second-order valence-corrected chi connectivity index (χ2v) is 5.41. The van der Waals surface area contributed by atoms with Crippen molar-refractivity contribution in [1.29, 1.82) is 0 Å². The van der Waals surface area contributed by atoms with Crippen molar-refractivity contribution in [1.82, 2.24) is 9.66 Å². The van der Waals surface area contributed by atoms with Crippen molar-refractivity contribution in [3.8, 4) is 0 Å². The molecule has 1 N–H and O–H groups in total. The molecule has 0 saturated heterocycles. The summed E-state index contributed by atoms with van der Waals surface area (Å²) in [5.41, 5.74) is 3.29. The van der Waals surface area contributed by atoms with Gasteiger partial charge in [-0.25, -0.2) is 14.5 Å². The molecule has 0 unspecified atom stereocenters. The summed E-state index contributed by atoms with van der Waals surface area (Å²) in [6.07, 6.45) is 0. The molecule has 0 amide bonds. The van der Waals surface area contributed by atoms with E-state index in [1.165, 1.54) is 4.68 Å². The van der Waals surface area contributed by atoms with Crippen LogP contribution < -0.4 is 16.6 Å². The van der Waals surface area contributed by atoms with Crippen molar-refractivity contribution >= 4 is 27.6 Å². The number of benzene rings is 2.